The Balaban J connectivity index is 1.56. The maximum absolute atomic E-state index is 12.3. The Bertz CT molecular complexity index is 1040. The first-order valence-electron chi connectivity index (χ1n) is 9.85. The standard InChI is InChI=1S/C22H25ClN4O3S/c1-5-29-18-9-7-17(8-10-18)24-20(28)13-31-22-26-25-21(27(22)4)15(3)30-19-11-6-16(23)12-14(19)2/h6-12,15H,5,13H2,1-4H3,(H,24,28). The maximum Gasteiger partial charge on any atom is 0.234 e. The number of amides is 1. The molecule has 1 atom stereocenters. The number of hydrogen-bond acceptors (Lipinski definition) is 6. The summed E-state index contributed by atoms with van der Waals surface area (Å²) in [5.41, 5.74) is 1.66. The van der Waals surface area contributed by atoms with Crippen LogP contribution in [-0.4, -0.2) is 33.0 Å². The van der Waals surface area contributed by atoms with E-state index in [1.165, 1.54) is 11.8 Å². The molecule has 164 valence electrons. The first-order valence-corrected chi connectivity index (χ1v) is 11.2. The van der Waals surface area contributed by atoms with Crippen molar-refractivity contribution in [2.45, 2.75) is 32.0 Å². The van der Waals surface area contributed by atoms with Crippen LogP contribution in [0.5, 0.6) is 11.5 Å². The van der Waals surface area contributed by atoms with Gasteiger partial charge in [-0.25, -0.2) is 0 Å². The molecular formula is C22H25ClN4O3S. The fourth-order valence-corrected chi connectivity index (χ4v) is 3.87. The molecule has 3 rings (SSSR count). The van der Waals surface area contributed by atoms with Crippen molar-refractivity contribution in [3.05, 3.63) is 58.9 Å². The molecule has 0 saturated heterocycles. The third kappa shape index (κ3) is 6.15. The third-order valence-corrected chi connectivity index (χ3v) is 5.71. The first kappa shape index (κ1) is 23.0. The van der Waals surface area contributed by atoms with Gasteiger partial charge in [0, 0.05) is 17.8 Å². The number of aryl methyl sites for hydroxylation is 1. The van der Waals surface area contributed by atoms with Crippen LogP contribution >= 0.6 is 23.4 Å². The summed E-state index contributed by atoms with van der Waals surface area (Å²) in [4.78, 5) is 12.3. The zero-order valence-corrected chi connectivity index (χ0v) is 19.5. The first-order chi connectivity index (χ1) is 14.9. The van der Waals surface area contributed by atoms with Crippen molar-refractivity contribution in [2.24, 2.45) is 7.05 Å². The van der Waals surface area contributed by atoms with Gasteiger partial charge >= 0.3 is 0 Å². The zero-order valence-electron chi connectivity index (χ0n) is 17.9. The fraction of sp³-hybridized carbons (Fsp3) is 0.318. The van der Waals surface area contributed by atoms with Crippen molar-refractivity contribution in [2.75, 3.05) is 17.7 Å². The number of carbonyl (C=O) groups is 1. The summed E-state index contributed by atoms with van der Waals surface area (Å²) in [6.07, 6.45) is -0.315. The topological polar surface area (TPSA) is 78.3 Å². The van der Waals surface area contributed by atoms with Gasteiger partial charge in [-0.3, -0.25) is 4.79 Å². The summed E-state index contributed by atoms with van der Waals surface area (Å²) in [5.74, 6) is 2.27. The van der Waals surface area contributed by atoms with E-state index in [2.05, 4.69) is 15.5 Å². The highest BCUT2D eigenvalue weighted by molar-refractivity contribution is 7.99. The molecule has 7 nitrogen and oxygen atoms in total. The molecule has 0 spiro atoms. The Hall–Kier alpha value is -2.71. The second-order valence-electron chi connectivity index (χ2n) is 6.86. The fourth-order valence-electron chi connectivity index (χ4n) is 2.92. The summed E-state index contributed by atoms with van der Waals surface area (Å²) in [6.45, 7) is 6.38. The number of rotatable bonds is 9. The van der Waals surface area contributed by atoms with Gasteiger partial charge in [-0.1, -0.05) is 23.4 Å². The molecule has 1 heterocycles. The number of hydrogen-bond donors (Lipinski definition) is 1. The van der Waals surface area contributed by atoms with Crippen molar-refractivity contribution in [1.29, 1.82) is 0 Å². The number of halogens is 1. The van der Waals surface area contributed by atoms with E-state index in [9.17, 15) is 4.79 Å². The Morgan fingerprint density at radius 2 is 1.97 bits per heavy atom. The average molecular weight is 461 g/mol. The molecule has 0 saturated carbocycles. The third-order valence-electron chi connectivity index (χ3n) is 4.45. The SMILES string of the molecule is CCOc1ccc(NC(=O)CSc2nnc(C(C)Oc3ccc(Cl)cc3C)n2C)cc1. The van der Waals surface area contributed by atoms with Crippen LogP contribution in [-0.2, 0) is 11.8 Å². The number of aromatic nitrogens is 3. The molecule has 0 radical (unpaired) electrons. The van der Waals surface area contributed by atoms with Gasteiger partial charge in [0.25, 0.3) is 0 Å². The number of benzene rings is 2. The summed E-state index contributed by atoms with van der Waals surface area (Å²) in [7, 11) is 1.86. The van der Waals surface area contributed by atoms with Crippen LogP contribution in [0.1, 0.15) is 31.3 Å². The molecule has 0 aliphatic rings. The van der Waals surface area contributed by atoms with E-state index in [0.29, 0.717) is 28.3 Å². The molecule has 0 aliphatic carbocycles. The smallest absolute Gasteiger partial charge is 0.234 e. The van der Waals surface area contributed by atoms with Gasteiger partial charge in [0.2, 0.25) is 5.91 Å². The normalized spacial score (nSPS) is 11.8. The van der Waals surface area contributed by atoms with Crippen LogP contribution in [0.2, 0.25) is 5.02 Å². The molecule has 31 heavy (non-hydrogen) atoms. The van der Waals surface area contributed by atoms with Crippen molar-refractivity contribution in [3.63, 3.8) is 0 Å². The molecule has 0 aliphatic heterocycles. The van der Waals surface area contributed by atoms with Gasteiger partial charge in [-0.2, -0.15) is 0 Å². The van der Waals surface area contributed by atoms with Crippen LogP contribution in [0.25, 0.3) is 0 Å². The van der Waals surface area contributed by atoms with Crippen LogP contribution in [0, 0.1) is 6.92 Å². The minimum absolute atomic E-state index is 0.125. The highest BCUT2D eigenvalue weighted by atomic mass is 35.5. The molecule has 1 unspecified atom stereocenters. The largest absolute Gasteiger partial charge is 0.494 e. The van der Waals surface area contributed by atoms with Gasteiger partial charge in [0.15, 0.2) is 17.1 Å². The highest BCUT2D eigenvalue weighted by Gasteiger charge is 2.19. The van der Waals surface area contributed by atoms with Crippen LogP contribution < -0.4 is 14.8 Å². The number of carbonyl (C=O) groups excluding carboxylic acids is 1. The van der Waals surface area contributed by atoms with E-state index < -0.39 is 0 Å². The van der Waals surface area contributed by atoms with E-state index >= 15 is 0 Å². The van der Waals surface area contributed by atoms with E-state index in [1.54, 1.807) is 6.07 Å². The Morgan fingerprint density at radius 1 is 1.23 bits per heavy atom. The lowest BCUT2D eigenvalue weighted by molar-refractivity contribution is -0.113. The van der Waals surface area contributed by atoms with E-state index in [1.807, 2.05) is 68.8 Å². The minimum Gasteiger partial charge on any atom is -0.494 e. The lowest BCUT2D eigenvalue weighted by Crippen LogP contribution is -2.15. The van der Waals surface area contributed by atoms with Crippen LogP contribution in [0.4, 0.5) is 5.69 Å². The predicted octanol–water partition coefficient (Wildman–Crippen LogP) is 5.05. The van der Waals surface area contributed by atoms with Gasteiger partial charge in [-0.15, -0.1) is 10.2 Å². The molecule has 1 aromatic heterocycles. The van der Waals surface area contributed by atoms with Crippen molar-refractivity contribution in [3.8, 4) is 11.5 Å². The Kier molecular flexibility index (Phi) is 7.81. The molecule has 1 N–H and O–H groups in total. The Labute approximate surface area is 191 Å². The second-order valence-corrected chi connectivity index (χ2v) is 8.24. The lowest BCUT2D eigenvalue weighted by Gasteiger charge is -2.16. The highest BCUT2D eigenvalue weighted by Crippen LogP contribution is 2.28. The Morgan fingerprint density at radius 3 is 2.65 bits per heavy atom. The number of ether oxygens (including phenoxy) is 2. The molecular weight excluding hydrogens is 436 g/mol. The molecule has 1 amide bonds. The van der Waals surface area contributed by atoms with Gasteiger partial charge < -0.3 is 19.4 Å². The van der Waals surface area contributed by atoms with E-state index in [-0.39, 0.29) is 17.8 Å². The quantitative estimate of drug-likeness (QED) is 0.450. The lowest BCUT2D eigenvalue weighted by atomic mass is 10.2. The average Bonchev–Trinajstić information content (AvgIpc) is 3.10. The minimum atomic E-state index is -0.315. The maximum atomic E-state index is 12.3. The van der Waals surface area contributed by atoms with Crippen molar-refractivity contribution < 1.29 is 14.3 Å². The number of thioether (sulfide) groups is 1. The summed E-state index contributed by atoms with van der Waals surface area (Å²) < 4.78 is 13.3. The van der Waals surface area contributed by atoms with Gasteiger partial charge in [0.05, 0.1) is 12.4 Å². The van der Waals surface area contributed by atoms with E-state index in [4.69, 9.17) is 21.1 Å². The molecule has 9 heteroatoms. The van der Waals surface area contributed by atoms with Gasteiger partial charge in [0.1, 0.15) is 11.5 Å². The number of anilines is 1. The second kappa shape index (κ2) is 10.5. The molecule has 2 aromatic carbocycles. The van der Waals surface area contributed by atoms with E-state index in [0.717, 1.165) is 17.1 Å². The summed E-state index contributed by atoms with van der Waals surface area (Å²) in [6, 6.07) is 12.8. The molecule has 0 bridgehead atoms. The van der Waals surface area contributed by atoms with Crippen molar-refractivity contribution >= 4 is 35.0 Å². The monoisotopic (exact) mass is 460 g/mol. The molecule has 0 fully saturated rings. The zero-order chi connectivity index (χ0) is 22.4. The predicted molar refractivity (Wildman–Crippen MR) is 123 cm³/mol. The van der Waals surface area contributed by atoms with Crippen LogP contribution in [0.3, 0.4) is 0 Å². The molecule has 3 aromatic rings. The van der Waals surface area contributed by atoms with Crippen LogP contribution in [0.15, 0.2) is 47.6 Å². The number of nitrogens with zero attached hydrogens (tertiary/aromatic N) is 3. The summed E-state index contributed by atoms with van der Waals surface area (Å²) >= 11 is 7.32. The van der Waals surface area contributed by atoms with Crippen molar-refractivity contribution in [1.82, 2.24) is 14.8 Å². The number of nitrogens with one attached hydrogen (secondary N) is 1. The summed E-state index contributed by atoms with van der Waals surface area (Å²) in [5, 5.41) is 12.6. The van der Waals surface area contributed by atoms with Gasteiger partial charge in [-0.05, 0) is 68.8 Å².